The number of nitrogens with zero attached hydrogens (tertiary/aromatic N) is 2. The maximum Gasteiger partial charge on any atom is 0.296 e. The zero-order valence-electron chi connectivity index (χ0n) is 14.9. The largest absolute Gasteiger partial charge is 0.501 e. The van der Waals surface area contributed by atoms with Crippen LogP contribution in [0.15, 0.2) is 29.1 Å². The Hall–Kier alpha value is -2.87. The van der Waals surface area contributed by atoms with Crippen molar-refractivity contribution in [1.29, 1.82) is 0 Å². The molecule has 0 radical (unpaired) electrons. The van der Waals surface area contributed by atoms with Crippen molar-refractivity contribution in [2.24, 2.45) is 0 Å². The number of carbonyl (C=O) groups excluding carboxylic acids is 1. The van der Waals surface area contributed by atoms with Crippen LogP contribution in [0.5, 0.6) is 11.5 Å². The molecule has 0 atom stereocenters. The van der Waals surface area contributed by atoms with Gasteiger partial charge in [0.2, 0.25) is 5.75 Å². The van der Waals surface area contributed by atoms with Crippen LogP contribution in [-0.4, -0.2) is 34.3 Å². The molecule has 0 unspecified atom stereocenters. The lowest BCUT2D eigenvalue weighted by atomic mass is 10.1. The van der Waals surface area contributed by atoms with E-state index < -0.39 is 22.8 Å². The van der Waals surface area contributed by atoms with Crippen LogP contribution in [0.1, 0.15) is 35.7 Å². The molecule has 2 aromatic rings. The fourth-order valence-corrected chi connectivity index (χ4v) is 2.88. The second-order valence-electron chi connectivity index (χ2n) is 6.48. The molecule has 0 fully saturated rings. The number of aromatic hydroxyl groups is 1. The zero-order valence-corrected chi connectivity index (χ0v) is 14.9. The van der Waals surface area contributed by atoms with E-state index in [2.05, 4.69) is 10.3 Å². The van der Waals surface area contributed by atoms with Crippen LogP contribution in [-0.2, 0) is 23.4 Å². The van der Waals surface area contributed by atoms with Crippen molar-refractivity contribution in [3.8, 4) is 11.5 Å². The Balaban J connectivity index is 1.88. The van der Waals surface area contributed by atoms with Gasteiger partial charge in [0.25, 0.3) is 11.5 Å². The fraction of sp³-hybridized carbons (Fsp3) is 0.389. The molecule has 26 heavy (non-hydrogen) atoms. The van der Waals surface area contributed by atoms with Gasteiger partial charge in [-0.25, -0.2) is 4.98 Å². The smallest absolute Gasteiger partial charge is 0.296 e. The van der Waals surface area contributed by atoms with E-state index in [4.69, 9.17) is 9.47 Å². The maximum absolute atomic E-state index is 12.5. The van der Waals surface area contributed by atoms with E-state index in [-0.39, 0.29) is 18.8 Å². The van der Waals surface area contributed by atoms with Gasteiger partial charge in [-0.05, 0) is 31.5 Å². The predicted octanol–water partition coefficient (Wildman–Crippen LogP) is 1.15. The van der Waals surface area contributed by atoms with Crippen molar-refractivity contribution in [2.75, 3.05) is 13.7 Å². The van der Waals surface area contributed by atoms with Gasteiger partial charge in [-0.2, -0.15) is 0 Å². The van der Waals surface area contributed by atoms with Crippen LogP contribution in [0.2, 0.25) is 0 Å². The van der Waals surface area contributed by atoms with E-state index in [1.165, 1.54) is 4.57 Å². The first-order valence-corrected chi connectivity index (χ1v) is 8.23. The summed E-state index contributed by atoms with van der Waals surface area (Å²) < 4.78 is 12.1. The van der Waals surface area contributed by atoms with Crippen LogP contribution < -0.4 is 15.6 Å². The Morgan fingerprint density at radius 2 is 2.23 bits per heavy atom. The first-order valence-electron chi connectivity index (χ1n) is 8.23. The second kappa shape index (κ2) is 6.80. The summed E-state index contributed by atoms with van der Waals surface area (Å²) in [5.41, 5.74) is -0.955. The molecule has 2 heterocycles. The van der Waals surface area contributed by atoms with Gasteiger partial charge < -0.3 is 19.9 Å². The Bertz CT molecular complexity index is 904. The molecule has 1 amide bonds. The minimum atomic E-state index is -0.826. The molecule has 0 saturated carbocycles. The number of benzene rings is 1. The highest BCUT2D eigenvalue weighted by Gasteiger charge is 2.34. The molecule has 8 nitrogen and oxygen atoms in total. The summed E-state index contributed by atoms with van der Waals surface area (Å²) in [4.78, 5) is 29.1. The lowest BCUT2D eigenvalue weighted by Crippen LogP contribution is -2.42. The van der Waals surface area contributed by atoms with Gasteiger partial charge in [0, 0.05) is 6.54 Å². The van der Waals surface area contributed by atoms with E-state index in [1.807, 2.05) is 6.07 Å². The molecule has 1 aliphatic rings. The van der Waals surface area contributed by atoms with E-state index in [1.54, 1.807) is 39.2 Å². The first-order chi connectivity index (χ1) is 12.3. The van der Waals surface area contributed by atoms with Gasteiger partial charge in [-0.3, -0.25) is 14.2 Å². The second-order valence-corrected chi connectivity index (χ2v) is 6.48. The Morgan fingerprint density at radius 3 is 2.96 bits per heavy atom. The quantitative estimate of drug-likeness (QED) is 0.849. The van der Waals surface area contributed by atoms with Crippen LogP contribution in [0.25, 0.3) is 0 Å². The Labute approximate surface area is 150 Å². The number of hydrogen-bond acceptors (Lipinski definition) is 6. The monoisotopic (exact) mass is 359 g/mol. The molecule has 0 spiro atoms. The molecule has 1 aliphatic heterocycles. The highest BCUT2D eigenvalue weighted by molar-refractivity contribution is 5.94. The average Bonchev–Trinajstić information content (AvgIpc) is 2.63. The van der Waals surface area contributed by atoms with Gasteiger partial charge in [-0.1, -0.05) is 12.1 Å². The molecule has 1 aromatic carbocycles. The average molecular weight is 359 g/mol. The van der Waals surface area contributed by atoms with E-state index in [0.717, 1.165) is 5.56 Å². The summed E-state index contributed by atoms with van der Waals surface area (Å²) in [6, 6.07) is 7.22. The van der Waals surface area contributed by atoms with Crippen molar-refractivity contribution < 1.29 is 19.4 Å². The number of aromatic nitrogens is 2. The highest BCUT2D eigenvalue weighted by atomic mass is 16.5. The van der Waals surface area contributed by atoms with Crippen molar-refractivity contribution in [1.82, 2.24) is 14.9 Å². The number of nitrogens with one attached hydrogen (secondary N) is 1. The lowest BCUT2D eigenvalue weighted by Gasteiger charge is -2.32. The SMILES string of the molecule is COc1cccc(CNC(=O)c2nc3n(c(=O)c2O)CCOC3(C)C)c1. The number of carbonyl (C=O) groups is 1. The molecular formula is C18H21N3O5. The molecule has 138 valence electrons. The minimum absolute atomic E-state index is 0.204. The third kappa shape index (κ3) is 3.28. The summed E-state index contributed by atoms with van der Waals surface area (Å²) in [7, 11) is 1.56. The van der Waals surface area contributed by atoms with Crippen LogP contribution in [0, 0.1) is 0 Å². The fourth-order valence-electron chi connectivity index (χ4n) is 2.88. The molecule has 2 N–H and O–H groups in total. The molecular weight excluding hydrogens is 338 g/mol. The van der Waals surface area contributed by atoms with Gasteiger partial charge in [-0.15, -0.1) is 0 Å². The third-order valence-electron chi connectivity index (χ3n) is 4.26. The summed E-state index contributed by atoms with van der Waals surface area (Å²) in [6.07, 6.45) is 0. The van der Waals surface area contributed by atoms with Crippen molar-refractivity contribution in [2.45, 2.75) is 32.5 Å². The van der Waals surface area contributed by atoms with Crippen molar-refractivity contribution in [3.05, 3.63) is 51.7 Å². The summed E-state index contributed by atoms with van der Waals surface area (Å²) in [5.74, 6) is -0.302. The highest BCUT2D eigenvalue weighted by Crippen LogP contribution is 2.27. The number of rotatable bonds is 4. The van der Waals surface area contributed by atoms with Gasteiger partial charge in [0.05, 0.1) is 20.3 Å². The van der Waals surface area contributed by atoms with Crippen LogP contribution >= 0.6 is 0 Å². The number of amides is 1. The number of methoxy groups -OCH3 is 1. The van der Waals surface area contributed by atoms with E-state index in [0.29, 0.717) is 18.2 Å². The number of fused-ring (bicyclic) bond motifs is 1. The van der Waals surface area contributed by atoms with Gasteiger partial charge in [0.15, 0.2) is 5.69 Å². The summed E-state index contributed by atoms with van der Waals surface area (Å²) in [6.45, 7) is 4.35. The summed E-state index contributed by atoms with van der Waals surface area (Å²) in [5, 5.41) is 12.8. The zero-order chi connectivity index (χ0) is 18.9. The van der Waals surface area contributed by atoms with Gasteiger partial charge >= 0.3 is 0 Å². The predicted molar refractivity (Wildman–Crippen MR) is 93.3 cm³/mol. The molecule has 8 heteroatoms. The molecule has 0 bridgehead atoms. The van der Waals surface area contributed by atoms with Crippen LogP contribution in [0.4, 0.5) is 0 Å². The Kier molecular flexibility index (Phi) is 4.69. The maximum atomic E-state index is 12.5. The molecule has 3 rings (SSSR count). The Morgan fingerprint density at radius 1 is 1.46 bits per heavy atom. The minimum Gasteiger partial charge on any atom is -0.501 e. The first kappa shape index (κ1) is 17.9. The third-order valence-corrected chi connectivity index (χ3v) is 4.26. The van der Waals surface area contributed by atoms with E-state index >= 15 is 0 Å². The van der Waals surface area contributed by atoms with Gasteiger partial charge in [0.1, 0.15) is 17.2 Å². The standard InChI is InChI=1S/C18H21N3O5/c1-18(2)17-20-13(14(22)16(24)21(17)7-8-26-18)15(23)19-10-11-5-4-6-12(9-11)25-3/h4-6,9,22H,7-8,10H2,1-3H3,(H,19,23). The molecule has 0 aliphatic carbocycles. The number of ether oxygens (including phenoxy) is 2. The number of hydrogen-bond donors (Lipinski definition) is 2. The van der Waals surface area contributed by atoms with E-state index in [9.17, 15) is 14.7 Å². The lowest BCUT2D eigenvalue weighted by molar-refractivity contribution is -0.0566. The summed E-state index contributed by atoms with van der Waals surface area (Å²) >= 11 is 0. The van der Waals surface area contributed by atoms with Crippen LogP contribution in [0.3, 0.4) is 0 Å². The van der Waals surface area contributed by atoms with Crippen molar-refractivity contribution >= 4 is 5.91 Å². The van der Waals surface area contributed by atoms with Crippen molar-refractivity contribution in [3.63, 3.8) is 0 Å². The normalized spacial score (nSPS) is 15.2. The molecule has 1 aromatic heterocycles. The topological polar surface area (TPSA) is 103 Å². The molecule has 0 saturated heterocycles.